The van der Waals surface area contributed by atoms with E-state index < -0.39 is 0 Å². The van der Waals surface area contributed by atoms with Crippen LogP contribution in [0.1, 0.15) is 26.3 Å². The van der Waals surface area contributed by atoms with Crippen LogP contribution in [-0.2, 0) is 6.54 Å². The van der Waals surface area contributed by atoms with Gasteiger partial charge in [-0.3, -0.25) is 9.59 Å². The van der Waals surface area contributed by atoms with Crippen LogP contribution >= 0.6 is 11.8 Å². The van der Waals surface area contributed by atoms with E-state index in [1.165, 1.54) is 0 Å². The van der Waals surface area contributed by atoms with Crippen molar-refractivity contribution in [2.45, 2.75) is 11.4 Å². The Balaban J connectivity index is 1.55. The van der Waals surface area contributed by atoms with E-state index in [1.807, 2.05) is 35.7 Å². The van der Waals surface area contributed by atoms with Crippen molar-refractivity contribution in [2.24, 2.45) is 0 Å². The molecule has 0 atom stereocenters. The van der Waals surface area contributed by atoms with E-state index in [0.717, 1.165) is 22.2 Å². The fraction of sp³-hybridized carbons (Fsp3) is 0.0455. The van der Waals surface area contributed by atoms with Crippen LogP contribution in [0.25, 0.3) is 0 Å². The number of hydrogen-bond donors (Lipinski definition) is 2. The number of nitrogens with one attached hydrogen (secondary N) is 2. The minimum atomic E-state index is -0.222. The Bertz CT molecular complexity index is 995. The Hall–Kier alpha value is -3.56. The molecule has 0 aromatic heterocycles. The van der Waals surface area contributed by atoms with E-state index in [0.29, 0.717) is 23.4 Å². The summed E-state index contributed by atoms with van der Waals surface area (Å²) in [7, 11) is 0. The third-order valence-electron chi connectivity index (χ3n) is 3.98. The van der Waals surface area contributed by atoms with E-state index in [2.05, 4.69) is 10.6 Å². The van der Waals surface area contributed by atoms with E-state index in [9.17, 15) is 9.59 Å². The number of nitrogens with zero attached hydrogens (tertiary/aromatic N) is 1. The van der Waals surface area contributed by atoms with Crippen LogP contribution in [0.2, 0.25) is 0 Å². The minimum Gasteiger partial charge on any atom is -0.348 e. The molecule has 3 aromatic rings. The highest BCUT2D eigenvalue weighted by molar-refractivity contribution is 8.03. The van der Waals surface area contributed by atoms with Crippen molar-refractivity contribution in [1.29, 1.82) is 5.26 Å². The van der Waals surface area contributed by atoms with Crippen molar-refractivity contribution < 1.29 is 9.59 Å². The molecule has 0 saturated heterocycles. The third-order valence-corrected chi connectivity index (χ3v) is 4.58. The Morgan fingerprint density at radius 1 is 0.821 bits per heavy atom. The van der Waals surface area contributed by atoms with Crippen molar-refractivity contribution in [3.8, 4) is 5.40 Å². The predicted molar refractivity (Wildman–Crippen MR) is 110 cm³/mol. The number of rotatable bonds is 6. The fourth-order valence-corrected chi connectivity index (χ4v) is 2.89. The second-order valence-electron chi connectivity index (χ2n) is 5.92. The number of nitriles is 1. The lowest BCUT2D eigenvalue weighted by Gasteiger charge is -2.08. The first-order valence-corrected chi connectivity index (χ1v) is 9.37. The van der Waals surface area contributed by atoms with Crippen molar-refractivity contribution in [3.05, 3.63) is 95.6 Å². The van der Waals surface area contributed by atoms with Gasteiger partial charge in [-0.05, 0) is 65.9 Å². The number of hydrogen-bond acceptors (Lipinski definition) is 4. The fourth-order valence-electron chi connectivity index (χ4n) is 2.51. The van der Waals surface area contributed by atoms with Crippen molar-refractivity contribution in [2.75, 3.05) is 5.32 Å². The summed E-state index contributed by atoms with van der Waals surface area (Å²) >= 11 is 1.07. The maximum atomic E-state index is 12.3. The molecule has 0 unspecified atom stereocenters. The van der Waals surface area contributed by atoms with Crippen LogP contribution in [-0.4, -0.2) is 11.8 Å². The lowest BCUT2D eigenvalue weighted by atomic mass is 10.1. The molecule has 0 bridgehead atoms. The second-order valence-corrected chi connectivity index (χ2v) is 6.78. The molecule has 6 heteroatoms. The Kier molecular flexibility index (Phi) is 6.45. The van der Waals surface area contributed by atoms with Gasteiger partial charge in [-0.2, -0.15) is 5.26 Å². The van der Waals surface area contributed by atoms with Crippen molar-refractivity contribution in [3.63, 3.8) is 0 Å². The smallest absolute Gasteiger partial charge is 0.255 e. The molecule has 2 amide bonds. The van der Waals surface area contributed by atoms with E-state index >= 15 is 0 Å². The maximum Gasteiger partial charge on any atom is 0.255 e. The van der Waals surface area contributed by atoms with Gasteiger partial charge in [0.2, 0.25) is 0 Å². The van der Waals surface area contributed by atoms with Gasteiger partial charge in [0.1, 0.15) is 5.40 Å². The predicted octanol–water partition coefficient (Wildman–Crippen LogP) is 4.44. The summed E-state index contributed by atoms with van der Waals surface area (Å²) in [5.41, 5.74) is 2.69. The molecular formula is C22H17N3O2S. The number of anilines is 1. The molecule has 3 aromatic carbocycles. The summed E-state index contributed by atoms with van der Waals surface area (Å²) in [6.45, 7) is 0.383. The highest BCUT2D eigenvalue weighted by Crippen LogP contribution is 2.19. The molecule has 5 nitrogen and oxygen atoms in total. The van der Waals surface area contributed by atoms with Crippen LogP contribution < -0.4 is 10.6 Å². The summed E-state index contributed by atoms with van der Waals surface area (Å²) in [6, 6.07) is 23.2. The second kappa shape index (κ2) is 9.40. The first kappa shape index (κ1) is 19.2. The maximum absolute atomic E-state index is 12.3. The topological polar surface area (TPSA) is 82.0 Å². The van der Waals surface area contributed by atoms with Crippen LogP contribution in [0.4, 0.5) is 5.69 Å². The van der Waals surface area contributed by atoms with Gasteiger partial charge in [-0.25, -0.2) is 0 Å². The zero-order valence-corrected chi connectivity index (χ0v) is 15.7. The SMILES string of the molecule is N#CSc1ccc(NC(=O)c2ccc(CNC(=O)c3ccccc3)cc2)cc1. The highest BCUT2D eigenvalue weighted by atomic mass is 32.2. The highest BCUT2D eigenvalue weighted by Gasteiger charge is 2.08. The van der Waals surface area contributed by atoms with Gasteiger partial charge in [0, 0.05) is 28.3 Å². The lowest BCUT2D eigenvalue weighted by Crippen LogP contribution is -2.22. The van der Waals surface area contributed by atoms with Gasteiger partial charge >= 0.3 is 0 Å². The minimum absolute atomic E-state index is 0.138. The quantitative estimate of drug-likeness (QED) is 0.484. The van der Waals surface area contributed by atoms with Crippen LogP contribution in [0, 0.1) is 10.7 Å². The molecule has 0 heterocycles. The van der Waals surface area contributed by atoms with Crippen molar-refractivity contribution in [1.82, 2.24) is 5.32 Å². The van der Waals surface area contributed by atoms with Crippen LogP contribution in [0.3, 0.4) is 0 Å². The molecule has 0 fully saturated rings. The number of amides is 2. The third kappa shape index (κ3) is 5.22. The molecule has 0 radical (unpaired) electrons. The molecule has 28 heavy (non-hydrogen) atoms. The van der Waals surface area contributed by atoms with Gasteiger partial charge in [0.15, 0.2) is 0 Å². The molecule has 0 aliphatic heterocycles. The van der Waals surface area contributed by atoms with Gasteiger partial charge in [-0.1, -0.05) is 30.3 Å². The number of carbonyl (C=O) groups is 2. The Morgan fingerprint density at radius 3 is 2.11 bits per heavy atom. The standard InChI is InChI=1S/C22H17N3O2S/c23-15-28-20-12-10-19(11-13-20)25-22(27)18-8-6-16(7-9-18)14-24-21(26)17-4-2-1-3-5-17/h1-13H,14H2,(H,24,26)(H,25,27). The lowest BCUT2D eigenvalue weighted by molar-refractivity contribution is 0.0949. The van der Waals surface area contributed by atoms with Gasteiger partial charge in [-0.15, -0.1) is 0 Å². The zero-order valence-electron chi connectivity index (χ0n) is 14.9. The zero-order chi connectivity index (χ0) is 19.8. The average Bonchev–Trinajstić information content (AvgIpc) is 2.74. The molecular weight excluding hydrogens is 370 g/mol. The first-order chi connectivity index (χ1) is 13.7. The normalized spacial score (nSPS) is 9.96. The first-order valence-electron chi connectivity index (χ1n) is 8.55. The monoisotopic (exact) mass is 387 g/mol. The summed E-state index contributed by atoms with van der Waals surface area (Å²) in [5.74, 6) is -0.360. The van der Waals surface area contributed by atoms with Gasteiger partial charge in [0.25, 0.3) is 11.8 Å². The molecule has 0 aliphatic carbocycles. The number of thioether (sulfide) groups is 1. The molecule has 0 aliphatic rings. The molecule has 0 spiro atoms. The summed E-state index contributed by atoms with van der Waals surface area (Å²) in [6.07, 6.45) is 0. The number of carbonyl (C=O) groups excluding carboxylic acids is 2. The molecule has 0 saturated carbocycles. The summed E-state index contributed by atoms with van der Waals surface area (Å²) in [5, 5.41) is 16.3. The van der Waals surface area contributed by atoms with E-state index in [4.69, 9.17) is 5.26 Å². The number of thiocyanates is 1. The average molecular weight is 387 g/mol. The van der Waals surface area contributed by atoms with Gasteiger partial charge in [0.05, 0.1) is 0 Å². The molecule has 3 rings (SSSR count). The van der Waals surface area contributed by atoms with E-state index in [1.54, 1.807) is 48.5 Å². The van der Waals surface area contributed by atoms with Crippen molar-refractivity contribution >= 4 is 29.3 Å². The Morgan fingerprint density at radius 2 is 1.46 bits per heavy atom. The molecule has 2 N–H and O–H groups in total. The summed E-state index contributed by atoms with van der Waals surface area (Å²) < 4.78 is 0. The summed E-state index contributed by atoms with van der Waals surface area (Å²) in [4.78, 5) is 25.2. The Labute approximate surface area is 167 Å². The van der Waals surface area contributed by atoms with Crippen LogP contribution in [0.15, 0.2) is 83.8 Å². The van der Waals surface area contributed by atoms with Gasteiger partial charge < -0.3 is 10.6 Å². The largest absolute Gasteiger partial charge is 0.348 e. The number of benzene rings is 3. The molecule has 138 valence electrons. The van der Waals surface area contributed by atoms with E-state index in [-0.39, 0.29) is 11.8 Å². The van der Waals surface area contributed by atoms with Crippen LogP contribution in [0.5, 0.6) is 0 Å².